The van der Waals surface area contributed by atoms with Crippen molar-refractivity contribution in [3.8, 4) is 0 Å². The molecule has 0 N–H and O–H groups in total. The summed E-state index contributed by atoms with van der Waals surface area (Å²) in [5.74, 6) is -1.61. The molecule has 0 bridgehead atoms. The molecule has 0 saturated heterocycles. The number of aromatic nitrogens is 1. The van der Waals surface area contributed by atoms with Crippen LogP contribution in [-0.2, 0) is 6.18 Å². The molecular formula is C6H2F4N2O2. The molecule has 0 aromatic carbocycles. The summed E-state index contributed by atoms with van der Waals surface area (Å²) in [7, 11) is 0. The normalized spacial score (nSPS) is 11.4. The van der Waals surface area contributed by atoms with Crippen LogP contribution in [0.3, 0.4) is 0 Å². The van der Waals surface area contributed by atoms with Crippen LogP contribution in [0.1, 0.15) is 5.56 Å². The molecule has 14 heavy (non-hydrogen) atoms. The number of rotatable bonds is 1. The highest BCUT2D eigenvalue weighted by Crippen LogP contribution is 2.36. The van der Waals surface area contributed by atoms with E-state index in [2.05, 4.69) is 4.98 Å². The Bertz CT molecular complexity index is 377. The molecule has 1 aromatic rings. The summed E-state index contributed by atoms with van der Waals surface area (Å²) in [6.07, 6.45) is -4.42. The molecule has 0 atom stereocenters. The Balaban J connectivity index is 3.44. The highest BCUT2D eigenvalue weighted by atomic mass is 19.4. The zero-order valence-corrected chi connectivity index (χ0v) is 6.38. The van der Waals surface area contributed by atoms with Gasteiger partial charge >= 0.3 is 11.9 Å². The van der Waals surface area contributed by atoms with Crippen LogP contribution in [0.2, 0.25) is 0 Å². The molecular weight excluding hydrogens is 208 g/mol. The Morgan fingerprint density at radius 2 is 1.93 bits per heavy atom. The van der Waals surface area contributed by atoms with Crippen LogP contribution < -0.4 is 0 Å². The third kappa shape index (κ3) is 1.78. The van der Waals surface area contributed by atoms with E-state index in [1.807, 2.05) is 0 Å². The van der Waals surface area contributed by atoms with E-state index in [0.29, 0.717) is 6.20 Å². The van der Waals surface area contributed by atoms with Crippen molar-refractivity contribution in [1.82, 2.24) is 4.98 Å². The molecule has 0 aliphatic heterocycles. The first kappa shape index (κ1) is 10.4. The van der Waals surface area contributed by atoms with Gasteiger partial charge in [0, 0.05) is 6.20 Å². The second-order valence-electron chi connectivity index (χ2n) is 2.27. The predicted molar refractivity (Wildman–Crippen MR) is 35.9 cm³/mol. The van der Waals surface area contributed by atoms with Crippen molar-refractivity contribution in [2.24, 2.45) is 0 Å². The second kappa shape index (κ2) is 3.20. The van der Waals surface area contributed by atoms with Crippen molar-refractivity contribution in [1.29, 1.82) is 0 Å². The number of halogens is 4. The molecule has 0 spiro atoms. The van der Waals surface area contributed by atoms with E-state index in [0.717, 1.165) is 0 Å². The molecule has 4 nitrogen and oxygen atoms in total. The molecule has 0 fully saturated rings. The number of hydrogen-bond acceptors (Lipinski definition) is 3. The Kier molecular flexibility index (Phi) is 2.37. The first-order valence-corrected chi connectivity index (χ1v) is 3.19. The van der Waals surface area contributed by atoms with E-state index < -0.39 is 28.2 Å². The van der Waals surface area contributed by atoms with Gasteiger partial charge in [0.15, 0.2) is 5.56 Å². The zero-order valence-electron chi connectivity index (χ0n) is 6.38. The third-order valence-electron chi connectivity index (χ3n) is 1.36. The minimum atomic E-state index is -4.99. The summed E-state index contributed by atoms with van der Waals surface area (Å²) < 4.78 is 48.9. The summed E-state index contributed by atoms with van der Waals surface area (Å²) in [5.41, 5.74) is -3.30. The summed E-state index contributed by atoms with van der Waals surface area (Å²) in [4.78, 5) is 11.6. The van der Waals surface area contributed by atoms with Gasteiger partial charge in [-0.1, -0.05) is 0 Å². The minimum absolute atomic E-state index is 0.210. The maximum atomic E-state index is 12.6. The zero-order chi connectivity index (χ0) is 10.9. The van der Waals surface area contributed by atoms with E-state index in [-0.39, 0.29) is 6.20 Å². The molecule has 0 radical (unpaired) electrons. The van der Waals surface area contributed by atoms with Gasteiger partial charge in [-0.3, -0.25) is 15.1 Å². The first-order chi connectivity index (χ1) is 6.34. The maximum Gasteiger partial charge on any atom is 0.424 e. The lowest BCUT2D eigenvalue weighted by Gasteiger charge is -2.06. The largest absolute Gasteiger partial charge is 0.424 e. The molecule has 0 aliphatic carbocycles. The quantitative estimate of drug-likeness (QED) is 0.405. The van der Waals surface area contributed by atoms with Crippen LogP contribution >= 0.6 is 0 Å². The van der Waals surface area contributed by atoms with Gasteiger partial charge in [-0.2, -0.15) is 17.6 Å². The molecule has 76 valence electrons. The van der Waals surface area contributed by atoms with Gasteiger partial charge in [0.2, 0.25) is 5.82 Å². The Hall–Kier alpha value is -1.73. The monoisotopic (exact) mass is 210 g/mol. The van der Waals surface area contributed by atoms with Crippen LogP contribution in [0.4, 0.5) is 23.2 Å². The second-order valence-corrected chi connectivity index (χ2v) is 2.27. The fourth-order valence-corrected chi connectivity index (χ4v) is 0.821. The van der Waals surface area contributed by atoms with Crippen LogP contribution in [0.15, 0.2) is 12.4 Å². The lowest BCUT2D eigenvalue weighted by molar-refractivity contribution is -0.390. The number of hydrogen-bond donors (Lipinski definition) is 0. The fourth-order valence-electron chi connectivity index (χ4n) is 0.821. The van der Waals surface area contributed by atoms with Crippen molar-refractivity contribution in [3.63, 3.8) is 0 Å². The fraction of sp³-hybridized carbons (Fsp3) is 0.167. The van der Waals surface area contributed by atoms with E-state index in [9.17, 15) is 27.7 Å². The number of nitro groups is 1. The number of nitrogens with zero attached hydrogens (tertiary/aromatic N) is 2. The van der Waals surface area contributed by atoms with E-state index in [1.165, 1.54) is 0 Å². The molecule has 1 heterocycles. The molecule has 0 amide bonds. The van der Waals surface area contributed by atoms with Gasteiger partial charge < -0.3 is 0 Å². The standard InChI is InChI=1S/C6H2F4N2O2/c7-4-2-11-1-3(6(8,9)10)5(4)12(13)14/h1-2H. The van der Waals surface area contributed by atoms with Crippen molar-refractivity contribution < 1.29 is 22.5 Å². The van der Waals surface area contributed by atoms with E-state index in [4.69, 9.17) is 0 Å². The Labute approximate surface area is 74.3 Å². The van der Waals surface area contributed by atoms with Crippen molar-refractivity contribution in [2.75, 3.05) is 0 Å². The van der Waals surface area contributed by atoms with Gasteiger partial charge in [0.05, 0.1) is 11.1 Å². The predicted octanol–water partition coefficient (Wildman–Crippen LogP) is 2.15. The smallest absolute Gasteiger partial charge is 0.260 e. The molecule has 8 heteroatoms. The van der Waals surface area contributed by atoms with Crippen molar-refractivity contribution >= 4 is 5.69 Å². The van der Waals surface area contributed by atoms with Gasteiger partial charge in [0.25, 0.3) is 0 Å². The number of pyridine rings is 1. The maximum absolute atomic E-state index is 12.6. The molecule has 0 saturated carbocycles. The third-order valence-corrected chi connectivity index (χ3v) is 1.36. The van der Waals surface area contributed by atoms with Crippen LogP contribution in [-0.4, -0.2) is 9.91 Å². The topological polar surface area (TPSA) is 56.0 Å². The van der Waals surface area contributed by atoms with Crippen LogP contribution in [0, 0.1) is 15.9 Å². The van der Waals surface area contributed by atoms with E-state index >= 15 is 0 Å². The van der Waals surface area contributed by atoms with Gasteiger partial charge in [0.1, 0.15) is 0 Å². The summed E-state index contributed by atoms with van der Waals surface area (Å²) in [5, 5.41) is 10.1. The molecule has 1 aromatic heterocycles. The Morgan fingerprint density at radius 1 is 1.36 bits per heavy atom. The summed E-state index contributed by atoms with van der Waals surface area (Å²) in [6, 6.07) is 0. The van der Waals surface area contributed by atoms with Crippen LogP contribution in [0.25, 0.3) is 0 Å². The van der Waals surface area contributed by atoms with Gasteiger partial charge in [-0.15, -0.1) is 0 Å². The number of alkyl halides is 3. The van der Waals surface area contributed by atoms with Gasteiger partial charge in [-0.25, -0.2) is 0 Å². The molecule has 0 aliphatic rings. The summed E-state index contributed by atoms with van der Waals surface area (Å²) in [6.45, 7) is 0. The highest BCUT2D eigenvalue weighted by molar-refractivity contribution is 5.40. The molecule has 1 rings (SSSR count). The first-order valence-electron chi connectivity index (χ1n) is 3.19. The molecule has 0 unspecified atom stereocenters. The van der Waals surface area contributed by atoms with Crippen molar-refractivity contribution in [3.05, 3.63) is 33.9 Å². The lowest BCUT2D eigenvalue weighted by Crippen LogP contribution is -2.10. The lowest BCUT2D eigenvalue weighted by atomic mass is 10.2. The minimum Gasteiger partial charge on any atom is -0.260 e. The summed E-state index contributed by atoms with van der Waals surface area (Å²) >= 11 is 0. The van der Waals surface area contributed by atoms with Crippen molar-refractivity contribution in [2.45, 2.75) is 6.18 Å². The average Bonchev–Trinajstić information content (AvgIpc) is 2.01. The van der Waals surface area contributed by atoms with Gasteiger partial charge in [-0.05, 0) is 0 Å². The SMILES string of the molecule is O=[N+]([O-])c1c(F)cncc1C(F)(F)F. The average molecular weight is 210 g/mol. The van der Waals surface area contributed by atoms with Crippen LogP contribution in [0.5, 0.6) is 0 Å². The Morgan fingerprint density at radius 3 is 2.29 bits per heavy atom. The van der Waals surface area contributed by atoms with E-state index in [1.54, 1.807) is 0 Å². The highest BCUT2D eigenvalue weighted by Gasteiger charge is 2.40.